The third-order valence-corrected chi connectivity index (χ3v) is 4.96. The Labute approximate surface area is 159 Å². The van der Waals surface area contributed by atoms with Crippen molar-refractivity contribution in [1.82, 2.24) is 19.7 Å². The van der Waals surface area contributed by atoms with E-state index in [0.29, 0.717) is 38.3 Å². The van der Waals surface area contributed by atoms with Crippen molar-refractivity contribution in [3.8, 4) is 0 Å². The van der Waals surface area contributed by atoms with Gasteiger partial charge < -0.3 is 19.4 Å². The molecule has 2 fully saturated rings. The average Bonchev–Trinajstić information content (AvgIpc) is 2.73. The van der Waals surface area contributed by atoms with Crippen LogP contribution in [0.4, 0.5) is 4.79 Å². The number of aromatic nitrogens is 1. The van der Waals surface area contributed by atoms with Crippen LogP contribution in [0.3, 0.4) is 0 Å². The fourth-order valence-corrected chi connectivity index (χ4v) is 3.43. The van der Waals surface area contributed by atoms with Crippen molar-refractivity contribution in [2.75, 3.05) is 45.9 Å². The number of hydrogen-bond donors (Lipinski definition) is 0. The summed E-state index contributed by atoms with van der Waals surface area (Å²) in [6, 6.07) is 3.24. The molecular weight excluding hydrogens is 348 g/mol. The normalized spacial score (nSPS) is 17.6. The third-order valence-electron chi connectivity index (χ3n) is 4.96. The molecule has 0 bridgehead atoms. The van der Waals surface area contributed by atoms with E-state index >= 15 is 0 Å². The number of pyridine rings is 1. The van der Waals surface area contributed by atoms with E-state index < -0.39 is 0 Å². The van der Waals surface area contributed by atoms with Crippen molar-refractivity contribution in [3.05, 3.63) is 29.6 Å². The highest BCUT2D eigenvalue weighted by atomic mass is 16.6. The Morgan fingerprint density at radius 1 is 0.926 bits per heavy atom. The zero-order valence-corrected chi connectivity index (χ0v) is 15.7. The van der Waals surface area contributed by atoms with E-state index in [9.17, 15) is 14.4 Å². The van der Waals surface area contributed by atoms with E-state index in [1.165, 1.54) is 6.20 Å². The van der Waals surface area contributed by atoms with Gasteiger partial charge in [0.05, 0.1) is 6.61 Å². The fourth-order valence-electron chi connectivity index (χ4n) is 3.43. The predicted molar refractivity (Wildman–Crippen MR) is 98.5 cm³/mol. The molecule has 0 aromatic carbocycles. The van der Waals surface area contributed by atoms with Gasteiger partial charge in [0.15, 0.2) is 0 Å². The number of nitrogens with zero attached hydrogens (tertiary/aromatic N) is 4. The number of carbonyl (C=O) groups excluding carboxylic acids is 3. The first-order valence-corrected chi connectivity index (χ1v) is 9.56. The summed E-state index contributed by atoms with van der Waals surface area (Å²) in [6.07, 6.45) is 4.36. The number of piperidine rings is 1. The van der Waals surface area contributed by atoms with Crippen molar-refractivity contribution in [2.24, 2.45) is 0 Å². The standard InChI is InChI=1S/C19H26N4O4/c1-2-27-19(26)23-12-10-22(11-13-23)18(25)16-14-15(6-7-20-16)17(24)21-8-4-3-5-9-21/h6-7,14H,2-5,8-13H2,1H3. The molecule has 1 aromatic rings. The molecule has 27 heavy (non-hydrogen) atoms. The molecule has 0 unspecified atom stereocenters. The first kappa shape index (κ1) is 19.1. The second-order valence-electron chi connectivity index (χ2n) is 6.76. The molecule has 3 heterocycles. The molecule has 0 atom stereocenters. The Hall–Kier alpha value is -2.64. The first-order valence-electron chi connectivity index (χ1n) is 9.56. The van der Waals surface area contributed by atoms with Crippen molar-refractivity contribution in [3.63, 3.8) is 0 Å². The lowest BCUT2D eigenvalue weighted by atomic mass is 10.1. The van der Waals surface area contributed by atoms with Gasteiger partial charge in [0.2, 0.25) is 0 Å². The van der Waals surface area contributed by atoms with Gasteiger partial charge in [-0.05, 0) is 38.3 Å². The van der Waals surface area contributed by atoms with Gasteiger partial charge in [-0.25, -0.2) is 4.79 Å². The van der Waals surface area contributed by atoms with Crippen molar-refractivity contribution in [2.45, 2.75) is 26.2 Å². The fraction of sp³-hybridized carbons (Fsp3) is 0.579. The summed E-state index contributed by atoms with van der Waals surface area (Å²) < 4.78 is 4.99. The lowest BCUT2D eigenvalue weighted by Crippen LogP contribution is -2.50. The van der Waals surface area contributed by atoms with E-state index in [2.05, 4.69) is 4.98 Å². The Morgan fingerprint density at radius 2 is 1.56 bits per heavy atom. The van der Waals surface area contributed by atoms with E-state index in [4.69, 9.17) is 4.74 Å². The van der Waals surface area contributed by atoms with E-state index in [-0.39, 0.29) is 23.6 Å². The van der Waals surface area contributed by atoms with Gasteiger partial charge >= 0.3 is 6.09 Å². The maximum Gasteiger partial charge on any atom is 0.409 e. The molecule has 0 saturated carbocycles. The number of piperazine rings is 1. The lowest BCUT2D eigenvalue weighted by molar-refractivity contribution is 0.0565. The van der Waals surface area contributed by atoms with Crippen LogP contribution in [0.1, 0.15) is 47.0 Å². The van der Waals surface area contributed by atoms with Crippen LogP contribution in [-0.4, -0.2) is 83.5 Å². The molecule has 0 radical (unpaired) electrons. The maximum atomic E-state index is 12.8. The van der Waals surface area contributed by atoms with Crippen LogP contribution in [0.2, 0.25) is 0 Å². The predicted octanol–water partition coefficient (Wildman–Crippen LogP) is 1.62. The molecule has 2 aliphatic heterocycles. The van der Waals surface area contributed by atoms with Gasteiger partial charge in [-0.3, -0.25) is 14.6 Å². The third kappa shape index (κ3) is 4.56. The summed E-state index contributed by atoms with van der Waals surface area (Å²) in [4.78, 5) is 46.4. The zero-order chi connectivity index (χ0) is 19.2. The molecule has 8 heteroatoms. The topological polar surface area (TPSA) is 83.0 Å². The summed E-state index contributed by atoms with van der Waals surface area (Å²) in [7, 11) is 0. The van der Waals surface area contributed by atoms with Gasteiger partial charge in [0.1, 0.15) is 5.69 Å². The molecule has 8 nitrogen and oxygen atoms in total. The van der Waals surface area contributed by atoms with Gasteiger partial charge in [-0.15, -0.1) is 0 Å². The summed E-state index contributed by atoms with van der Waals surface area (Å²) >= 11 is 0. The molecule has 2 aliphatic rings. The Balaban J connectivity index is 1.62. The molecule has 3 amide bonds. The van der Waals surface area contributed by atoms with Crippen LogP contribution in [0, 0.1) is 0 Å². The minimum atomic E-state index is -0.350. The van der Waals surface area contributed by atoms with Crippen LogP contribution in [0.25, 0.3) is 0 Å². The highest BCUT2D eigenvalue weighted by Crippen LogP contribution is 2.15. The highest BCUT2D eigenvalue weighted by molar-refractivity contribution is 5.98. The van der Waals surface area contributed by atoms with E-state index in [1.807, 2.05) is 4.90 Å². The van der Waals surface area contributed by atoms with Crippen LogP contribution in [-0.2, 0) is 4.74 Å². The number of hydrogen-bond acceptors (Lipinski definition) is 5. The molecular formula is C19H26N4O4. The second kappa shape index (κ2) is 8.83. The largest absolute Gasteiger partial charge is 0.450 e. The Kier molecular flexibility index (Phi) is 6.26. The molecule has 0 N–H and O–H groups in total. The maximum absolute atomic E-state index is 12.8. The first-order chi connectivity index (χ1) is 13.1. The molecule has 0 spiro atoms. The Morgan fingerprint density at radius 3 is 2.22 bits per heavy atom. The number of rotatable bonds is 3. The number of likely N-dealkylation sites (tertiary alicyclic amines) is 1. The van der Waals surface area contributed by atoms with Gasteiger partial charge in [0.25, 0.3) is 11.8 Å². The minimum Gasteiger partial charge on any atom is -0.450 e. The van der Waals surface area contributed by atoms with Crippen LogP contribution < -0.4 is 0 Å². The van der Waals surface area contributed by atoms with E-state index in [0.717, 1.165) is 32.4 Å². The molecule has 1 aromatic heterocycles. The van der Waals surface area contributed by atoms with Gasteiger partial charge in [-0.1, -0.05) is 0 Å². The minimum absolute atomic E-state index is 0.0433. The summed E-state index contributed by atoms with van der Waals surface area (Å²) in [5.74, 6) is -0.259. The molecule has 0 aliphatic carbocycles. The summed E-state index contributed by atoms with van der Waals surface area (Å²) in [5, 5.41) is 0. The highest BCUT2D eigenvalue weighted by Gasteiger charge is 2.27. The number of ether oxygens (including phenoxy) is 1. The molecule has 2 saturated heterocycles. The van der Waals surface area contributed by atoms with Gasteiger partial charge in [-0.2, -0.15) is 0 Å². The monoisotopic (exact) mass is 374 g/mol. The second-order valence-corrected chi connectivity index (χ2v) is 6.76. The molecule has 146 valence electrons. The zero-order valence-electron chi connectivity index (χ0n) is 15.7. The smallest absolute Gasteiger partial charge is 0.409 e. The van der Waals surface area contributed by atoms with Crippen molar-refractivity contribution in [1.29, 1.82) is 0 Å². The summed E-state index contributed by atoms with van der Waals surface area (Å²) in [5.41, 5.74) is 0.767. The molecule has 3 rings (SSSR count). The van der Waals surface area contributed by atoms with Crippen molar-refractivity contribution < 1.29 is 19.1 Å². The lowest BCUT2D eigenvalue weighted by Gasteiger charge is -2.33. The van der Waals surface area contributed by atoms with Crippen LogP contribution >= 0.6 is 0 Å². The number of amides is 3. The van der Waals surface area contributed by atoms with Crippen molar-refractivity contribution >= 4 is 17.9 Å². The number of carbonyl (C=O) groups is 3. The SMILES string of the molecule is CCOC(=O)N1CCN(C(=O)c2cc(C(=O)N3CCCCC3)ccn2)CC1. The Bertz CT molecular complexity index is 695. The van der Waals surface area contributed by atoms with Gasteiger partial charge in [0, 0.05) is 51.0 Å². The van der Waals surface area contributed by atoms with E-state index in [1.54, 1.807) is 28.9 Å². The summed E-state index contributed by atoms with van der Waals surface area (Å²) in [6.45, 7) is 5.32. The van der Waals surface area contributed by atoms with Crippen LogP contribution in [0.15, 0.2) is 18.3 Å². The average molecular weight is 374 g/mol. The quantitative estimate of drug-likeness (QED) is 0.803. The van der Waals surface area contributed by atoms with Crippen LogP contribution in [0.5, 0.6) is 0 Å².